The largest absolute Gasteiger partial charge is 0.354 e. The van der Waals surface area contributed by atoms with Gasteiger partial charge in [-0.15, -0.1) is 0 Å². The van der Waals surface area contributed by atoms with Gasteiger partial charge in [-0.25, -0.2) is 0 Å². The molecule has 0 aliphatic heterocycles. The molecular formula is C29H23N. The summed E-state index contributed by atoms with van der Waals surface area (Å²) in [6.45, 7) is 12.7. The summed E-state index contributed by atoms with van der Waals surface area (Å²) in [6.07, 6.45) is 3.87. The molecule has 5 aromatic rings. The van der Waals surface area contributed by atoms with Crippen LogP contribution in [0.4, 0.5) is 0 Å². The molecule has 0 amide bonds. The van der Waals surface area contributed by atoms with Crippen molar-refractivity contribution in [2.45, 2.75) is 19.3 Å². The van der Waals surface area contributed by atoms with Crippen LogP contribution in [0.5, 0.6) is 0 Å². The van der Waals surface area contributed by atoms with Gasteiger partial charge in [-0.1, -0.05) is 81.6 Å². The van der Waals surface area contributed by atoms with E-state index in [-0.39, 0.29) is 5.41 Å². The average molecular weight is 386 g/mol. The molecule has 0 radical (unpaired) electrons. The third-order valence-corrected chi connectivity index (χ3v) is 6.94. The Labute approximate surface area is 176 Å². The van der Waals surface area contributed by atoms with E-state index < -0.39 is 0 Å². The summed E-state index contributed by atoms with van der Waals surface area (Å²) in [4.78, 5) is 3.72. The SMILES string of the molecule is C=Cc1cc2c(cc1C=C)C(C)(C)c1ccc3[nH]c4c5ccccc5ccc4c3c1-2. The van der Waals surface area contributed by atoms with E-state index >= 15 is 0 Å². The van der Waals surface area contributed by atoms with Crippen molar-refractivity contribution in [2.75, 3.05) is 0 Å². The van der Waals surface area contributed by atoms with E-state index in [0.717, 1.165) is 11.1 Å². The normalized spacial score (nSPS) is 14.2. The smallest absolute Gasteiger partial charge is 0.0544 e. The fourth-order valence-corrected chi connectivity index (χ4v) is 5.39. The highest BCUT2D eigenvalue weighted by atomic mass is 14.7. The quantitative estimate of drug-likeness (QED) is 0.316. The average Bonchev–Trinajstić information content (AvgIpc) is 3.26. The van der Waals surface area contributed by atoms with Gasteiger partial charge in [0.25, 0.3) is 0 Å². The van der Waals surface area contributed by atoms with Gasteiger partial charge in [0.15, 0.2) is 0 Å². The summed E-state index contributed by atoms with van der Waals surface area (Å²) < 4.78 is 0. The highest BCUT2D eigenvalue weighted by molar-refractivity contribution is 6.22. The topological polar surface area (TPSA) is 15.8 Å². The molecule has 1 N–H and O–H groups in total. The molecule has 0 atom stereocenters. The van der Waals surface area contributed by atoms with Crippen LogP contribution in [0.25, 0.3) is 55.9 Å². The fourth-order valence-electron chi connectivity index (χ4n) is 5.39. The van der Waals surface area contributed by atoms with Crippen LogP contribution in [0.3, 0.4) is 0 Å². The molecule has 1 heterocycles. The third kappa shape index (κ3) is 2.02. The Morgan fingerprint density at radius 2 is 1.57 bits per heavy atom. The second-order valence-corrected chi connectivity index (χ2v) is 8.80. The molecular weight excluding hydrogens is 362 g/mol. The first kappa shape index (κ1) is 17.3. The summed E-state index contributed by atoms with van der Waals surface area (Å²) in [5.41, 5.74) is 10.0. The number of H-pyrrole nitrogens is 1. The van der Waals surface area contributed by atoms with Crippen molar-refractivity contribution < 1.29 is 0 Å². The first-order valence-electron chi connectivity index (χ1n) is 10.4. The standard InChI is InChI=1S/C29H23N/c1-5-17-15-22-24(16-18(17)6-2)29(3,4)23-13-14-25-27(26(22)23)21-12-11-19-9-7-8-10-20(19)28(21)30-25/h5-16,30H,1-2H2,3-4H3. The second-order valence-electron chi connectivity index (χ2n) is 8.80. The highest BCUT2D eigenvalue weighted by Gasteiger charge is 2.37. The fraction of sp³-hybridized carbons (Fsp3) is 0.103. The molecule has 0 saturated carbocycles. The molecule has 30 heavy (non-hydrogen) atoms. The zero-order valence-corrected chi connectivity index (χ0v) is 17.3. The molecule has 0 spiro atoms. The Morgan fingerprint density at radius 3 is 2.37 bits per heavy atom. The predicted octanol–water partition coefficient (Wildman–Crippen LogP) is 8.07. The minimum absolute atomic E-state index is 0.0588. The van der Waals surface area contributed by atoms with Crippen LogP contribution >= 0.6 is 0 Å². The molecule has 1 heteroatoms. The first-order chi connectivity index (χ1) is 14.5. The molecule has 1 aromatic heterocycles. The minimum Gasteiger partial charge on any atom is -0.354 e. The van der Waals surface area contributed by atoms with Crippen molar-refractivity contribution in [1.82, 2.24) is 4.98 Å². The van der Waals surface area contributed by atoms with Gasteiger partial charge in [0.1, 0.15) is 0 Å². The van der Waals surface area contributed by atoms with Crippen molar-refractivity contribution in [3.63, 3.8) is 0 Å². The number of aromatic amines is 1. The zero-order chi connectivity index (χ0) is 20.6. The minimum atomic E-state index is -0.0588. The van der Waals surface area contributed by atoms with E-state index in [4.69, 9.17) is 0 Å². The zero-order valence-electron chi connectivity index (χ0n) is 17.3. The summed E-state index contributed by atoms with van der Waals surface area (Å²) >= 11 is 0. The molecule has 0 unspecified atom stereocenters. The van der Waals surface area contributed by atoms with Crippen LogP contribution in [-0.2, 0) is 5.41 Å². The number of hydrogen-bond donors (Lipinski definition) is 1. The van der Waals surface area contributed by atoms with Crippen LogP contribution in [0.15, 0.2) is 73.8 Å². The van der Waals surface area contributed by atoms with E-state index in [9.17, 15) is 0 Å². The Hall–Kier alpha value is -3.58. The number of fused-ring (bicyclic) bond motifs is 9. The van der Waals surface area contributed by atoms with Gasteiger partial charge in [-0.3, -0.25) is 0 Å². The highest BCUT2D eigenvalue weighted by Crippen LogP contribution is 2.53. The van der Waals surface area contributed by atoms with Gasteiger partial charge >= 0.3 is 0 Å². The van der Waals surface area contributed by atoms with E-state index in [1.54, 1.807) is 0 Å². The van der Waals surface area contributed by atoms with Crippen LogP contribution < -0.4 is 0 Å². The van der Waals surface area contributed by atoms with Crippen molar-refractivity contribution >= 4 is 44.7 Å². The van der Waals surface area contributed by atoms with Crippen LogP contribution in [-0.4, -0.2) is 4.98 Å². The van der Waals surface area contributed by atoms with Crippen molar-refractivity contribution in [3.8, 4) is 11.1 Å². The summed E-state index contributed by atoms with van der Waals surface area (Å²) in [6, 6.07) is 22.3. The number of rotatable bonds is 2. The Balaban J connectivity index is 1.81. The molecule has 4 aromatic carbocycles. The Kier molecular flexibility index (Phi) is 3.30. The Morgan fingerprint density at radius 1 is 0.800 bits per heavy atom. The molecule has 1 nitrogen and oxygen atoms in total. The molecule has 1 aliphatic rings. The lowest BCUT2D eigenvalue weighted by Gasteiger charge is -2.22. The first-order valence-corrected chi connectivity index (χ1v) is 10.4. The lowest BCUT2D eigenvalue weighted by Crippen LogP contribution is -2.15. The van der Waals surface area contributed by atoms with Gasteiger partial charge in [0.2, 0.25) is 0 Å². The summed E-state index contributed by atoms with van der Waals surface area (Å²) in [5, 5.41) is 5.14. The molecule has 0 saturated heterocycles. The lowest BCUT2D eigenvalue weighted by atomic mass is 9.81. The van der Waals surface area contributed by atoms with Gasteiger partial charge in [0.05, 0.1) is 5.52 Å². The van der Waals surface area contributed by atoms with Crippen molar-refractivity contribution in [2.24, 2.45) is 0 Å². The molecule has 0 bridgehead atoms. The summed E-state index contributed by atoms with van der Waals surface area (Å²) in [5.74, 6) is 0. The summed E-state index contributed by atoms with van der Waals surface area (Å²) in [7, 11) is 0. The number of hydrogen-bond acceptors (Lipinski definition) is 0. The van der Waals surface area contributed by atoms with Gasteiger partial charge in [0, 0.05) is 27.1 Å². The van der Waals surface area contributed by atoms with Crippen LogP contribution in [0.2, 0.25) is 0 Å². The molecule has 0 fully saturated rings. The van der Waals surface area contributed by atoms with Crippen molar-refractivity contribution in [3.05, 3.63) is 96.1 Å². The van der Waals surface area contributed by atoms with Gasteiger partial charge in [-0.05, 0) is 57.0 Å². The number of aromatic nitrogens is 1. The Bertz CT molecular complexity index is 1540. The van der Waals surface area contributed by atoms with E-state index in [2.05, 4.69) is 92.7 Å². The maximum Gasteiger partial charge on any atom is 0.0544 e. The lowest BCUT2D eigenvalue weighted by molar-refractivity contribution is 0.660. The van der Waals surface area contributed by atoms with Crippen molar-refractivity contribution in [1.29, 1.82) is 0 Å². The maximum absolute atomic E-state index is 4.04. The maximum atomic E-state index is 4.04. The molecule has 6 rings (SSSR count). The predicted molar refractivity (Wildman–Crippen MR) is 131 cm³/mol. The van der Waals surface area contributed by atoms with E-state index in [1.165, 1.54) is 54.8 Å². The van der Waals surface area contributed by atoms with E-state index in [1.807, 2.05) is 12.2 Å². The molecule has 144 valence electrons. The monoisotopic (exact) mass is 385 g/mol. The molecule has 1 aliphatic carbocycles. The van der Waals surface area contributed by atoms with Crippen LogP contribution in [0, 0.1) is 0 Å². The number of nitrogens with one attached hydrogen (secondary N) is 1. The second kappa shape index (κ2) is 5.73. The third-order valence-electron chi connectivity index (χ3n) is 6.94. The van der Waals surface area contributed by atoms with E-state index in [0.29, 0.717) is 0 Å². The van der Waals surface area contributed by atoms with Gasteiger partial charge in [-0.2, -0.15) is 0 Å². The number of benzene rings is 4. The van der Waals surface area contributed by atoms with Gasteiger partial charge < -0.3 is 4.98 Å². The van der Waals surface area contributed by atoms with Crippen LogP contribution in [0.1, 0.15) is 36.1 Å².